The number of halogens is 1. The third-order valence-corrected chi connectivity index (χ3v) is 4.80. The van der Waals surface area contributed by atoms with E-state index in [9.17, 15) is 4.39 Å². The molecule has 96 valence electrons. The number of hydrogen-bond acceptors (Lipinski definition) is 4. The largest absolute Gasteiger partial charge is 0.370 e. The highest BCUT2D eigenvalue weighted by Gasteiger charge is 2.35. The summed E-state index contributed by atoms with van der Waals surface area (Å²) in [6.45, 7) is 0.730. The molecule has 0 aromatic heterocycles. The van der Waals surface area contributed by atoms with Crippen molar-refractivity contribution >= 4 is 23.4 Å². The standard InChI is InChI=1S/C13H16FN3S/c14-10-2-1-3-11(6-10)17-12(7-16-13(17)15)9-4-5-18-8-9/h1-3,6,9,12H,4-5,7-8H2,(H2,15,16). The van der Waals surface area contributed by atoms with Crippen LogP contribution in [0, 0.1) is 11.7 Å². The monoisotopic (exact) mass is 265 g/mol. The van der Waals surface area contributed by atoms with E-state index in [1.807, 2.05) is 22.7 Å². The van der Waals surface area contributed by atoms with Crippen LogP contribution in [0.4, 0.5) is 10.1 Å². The minimum absolute atomic E-state index is 0.230. The van der Waals surface area contributed by atoms with Gasteiger partial charge in [-0.1, -0.05) is 6.07 Å². The number of guanidine groups is 1. The molecule has 0 saturated carbocycles. The van der Waals surface area contributed by atoms with Gasteiger partial charge < -0.3 is 10.6 Å². The molecular formula is C13H16FN3S. The van der Waals surface area contributed by atoms with Gasteiger partial charge in [-0.25, -0.2) is 4.39 Å². The van der Waals surface area contributed by atoms with E-state index in [4.69, 9.17) is 5.73 Å². The van der Waals surface area contributed by atoms with Crippen molar-refractivity contribution in [3.63, 3.8) is 0 Å². The Kier molecular flexibility index (Phi) is 3.16. The first-order valence-electron chi connectivity index (χ1n) is 6.18. The average molecular weight is 265 g/mol. The van der Waals surface area contributed by atoms with Crippen molar-refractivity contribution in [2.24, 2.45) is 16.6 Å². The molecule has 2 heterocycles. The molecule has 18 heavy (non-hydrogen) atoms. The molecule has 2 aliphatic rings. The summed E-state index contributed by atoms with van der Waals surface area (Å²) in [4.78, 5) is 6.34. The fourth-order valence-corrected chi connectivity index (χ4v) is 4.01. The number of benzene rings is 1. The number of rotatable bonds is 2. The molecule has 2 atom stereocenters. The molecule has 2 N–H and O–H groups in total. The molecule has 3 nitrogen and oxygen atoms in total. The molecule has 0 aliphatic carbocycles. The number of nitrogens with two attached hydrogens (primary N) is 1. The average Bonchev–Trinajstić information content (AvgIpc) is 2.97. The van der Waals surface area contributed by atoms with Crippen molar-refractivity contribution in [2.75, 3.05) is 23.0 Å². The molecular weight excluding hydrogens is 249 g/mol. The van der Waals surface area contributed by atoms with Crippen molar-refractivity contribution in [1.82, 2.24) is 0 Å². The Morgan fingerprint density at radius 2 is 2.33 bits per heavy atom. The molecule has 0 spiro atoms. The number of nitrogens with zero attached hydrogens (tertiary/aromatic N) is 2. The summed E-state index contributed by atoms with van der Waals surface area (Å²) in [6.07, 6.45) is 1.20. The maximum absolute atomic E-state index is 13.3. The van der Waals surface area contributed by atoms with E-state index >= 15 is 0 Å². The number of thioether (sulfide) groups is 1. The van der Waals surface area contributed by atoms with E-state index in [1.165, 1.54) is 24.3 Å². The minimum atomic E-state index is -0.230. The van der Waals surface area contributed by atoms with E-state index in [0.29, 0.717) is 17.9 Å². The zero-order chi connectivity index (χ0) is 12.5. The molecule has 5 heteroatoms. The van der Waals surface area contributed by atoms with Gasteiger partial charge in [0.2, 0.25) is 0 Å². The number of hydrogen-bond donors (Lipinski definition) is 1. The lowest BCUT2D eigenvalue weighted by Gasteiger charge is -2.30. The zero-order valence-electron chi connectivity index (χ0n) is 10.1. The topological polar surface area (TPSA) is 41.6 Å². The molecule has 1 aromatic carbocycles. The maximum Gasteiger partial charge on any atom is 0.196 e. The van der Waals surface area contributed by atoms with Crippen LogP contribution >= 0.6 is 11.8 Å². The zero-order valence-corrected chi connectivity index (χ0v) is 10.9. The van der Waals surface area contributed by atoms with Gasteiger partial charge in [-0.15, -0.1) is 0 Å². The van der Waals surface area contributed by atoms with Crippen molar-refractivity contribution in [3.8, 4) is 0 Å². The van der Waals surface area contributed by atoms with Crippen LogP contribution in [0.25, 0.3) is 0 Å². The summed E-state index contributed by atoms with van der Waals surface area (Å²) in [5.74, 6) is 3.24. The lowest BCUT2D eigenvalue weighted by atomic mass is 9.98. The van der Waals surface area contributed by atoms with E-state index in [-0.39, 0.29) is 5.82 Å². The first-order valence-corrected chi connectivity index (χ1v) is 7.33. The fraction of sp³-hybridized carbons (Fsp3) is 0.462. The fourth-order valence-electron chi connectivity index (χ4n) is 2.68. The number of anilines is 1. The maximum atomic E-state index is 13.3. The van der Waals surface area contributed by atoms with Gasteiger partial charge in [0.1, 0.15) is 5.82 Å². The molecule has 0 bridgehead atoms. The highest BCUT2D eigenvalue weighted by molar-refractivity contribution is 7.99. The summed E-state index contributed by atoms with van der Waals surface area (Å²) < 4.78 is 13.3. The van der Waals surface area contributed by atoms with Gasteiger partial charge in [0.05, 0.1) is 12.6 Å². The van der Waals surface area contributed by atoms with Gasteiger partial charge in [-0.2, -0.15) is 11.8 Å². The van der Waals surface area contributed by atoms with Crippen molar-refractivity contribution in [3.05, 3.63) is 30.1 Å². The Labute approximate surface area is 110 Å². The van der Waals surface area contributed by atoms with Crippen LogP contribution in [-0.4, -0.2) is 30.1 Å². The van der Waals surface area contributed by atoms with Crippen LogP contribution in [0.5, 0.6) is 0 Å². The quantitative estimate of drug-likeness (QED) is 0.890. The van der Waals surface area contributed by atoms with Gasteiger partial charge in [0, 0.05) is 5.69 Å². The van der Waals surface area contributed by atoms with Crippen LogP contribution in [0.2, 0.25) is 0 Å². The van der Waals surface area contributed by atoms with Crippen LogP contribution in [-0.2, 0) is 0 Å². The van der Waals surface area contributed by atoms with Crippen LogP contribution < -0.4 is 10.6 Å². The van der Waals surface area contributed by atoms with Gasteiger partial charge >= 0.3 is 0 Å². The second-order valence-corrected chi connectivity index (χ2v) is 5.89. The SMILES string of the molecule is NC1=NCC(C2CCSC2)N1c1cccc(F)c1. The predicted molar refractivity (Wildman–Crippen MR) is 74.6 cm³/mol. The van der Waals surface area contributed by atoms with Crippen molar-refractivity contribution in [1.29, 1.82) is 0 Å². The van der Waals surface area contributed by atoms with E-state index in [1.54, 1.807) is 6.07 Å². The summed E-state index contributed by atoms with van der Waals surface area (Å²) in [7, 11) is 0. The predicted octanol–water partition coefficient (Wildman–Crippen LogP) is 2.08. The smallest absolute Gasteiger partial charge is 0.196 e. The molecule has 1 saturated heterocycles. The molecule has 2 unspecified atom stereocenters. The summed E-state index contributed by atoms with van der Waals surface area (Å²) in [6, 6.07) is 6.89. The van der Waals surface area contributed by atoms with Crippen LogP contribution in [0.3, 0.4) is 0 Å². The summed E-state index contributed by atoms with van der Waals surface area (Å²) in [5.41, 5.74) is 6.78. The molecule has 3 rings (SSSR count). The lowest BCUT2D eigenvalue weighted by molar-refractivity contribution is 0.485. The summed E-state index contributed by atoms with van der Waals surface area (Å²) in [5, 5.41) is 0. The Morgan fingerprint density at radius 3 is 3.06 bits per heavy atom. The third-order valence-electron chi connectivity index (χ3n) is 3.61. The normalized spacial score (nSPS) is 27.6. The first kappa shape index (κ1) is 11.8. The Morgan fingerprint density at radius 1 is 1.44 bits per heavy atom. The van der Waals surface area contributed by atoms with Gasteiger partial charge in [-0.3, -0.25) is 4.99 Å². The molecule has 1 fully saturated rings. The van der Waals surface area contributed by atoms with Crippen molar-refractivity contribution < 1.29 is 4.39 Å². The Bertz CT molecular complexity index is 471. The highest BCUT2D eigenvalue weighted by atomic mass is 32.2. The Hall–Kier alpha value is -1.23. The minimum Gasteiger partial charge on any atom is -0.370 e. The first-order chi connectivity index (χ1) is 8.75. The number of aliphatic imine (C=N–C) groups is 1. The van der Waals surface area contributed by atoms with Gasteiger partial charge in [0.15, 0.2) is 5.96 Å². The van der Waals surface area contributed by atoms with E-state index in [0.717, 1.165) is 18.0 Å². The lowest BCUT2D eigenvalue weighted by Crippen LogP contribution is -2.45. The van der Waals surface area contributed by atoms with Gasteiger partial charge in [-0.05, 0) is 42.0 Å². The second-order valence-electron chi connectivity index (χ2n) is 4.74. The molecule has 1 aromatic rings. The van der Waals surface area contributed by atoms with Gasteiger partial charge in [0.25, 0.3) is 0 Å². The van der Waals surface area contributed by atoms with Crippen LogP contribution in [0.15, 0.2) is 29.3 Å². The van der Waals surface area contributed by atoms with E-state index < -0.39 is 0 Å². The molecule has 0 amide bonds. The molecule has 0 radical (unpaired) electrons. The Balaban J connectivity index is 1.89. The molecule has 2 aliphatic heterocycles. The van der Waals surface area contributed by atoms with Crippen molar-refractivity contribution in [2.45, 2.75) is 12.5 Å². The van der Waals surface area contributed by atoms with E-state index in [2.05, 4.69) is 4.99 Å². The highest BCUT2D eigenvalue weighted by Crippen LogP contribution is 2.33. The summed E-state index contributed by atoms with van der Waals surface area (Å²) >= 11 is 1.98. The third kappa shape index (κ3) is 2.07. The van der Waals surface area contributed by atoms with Crippen LogP contribution in [0.1, 0.15) is 6.42 Å². The second kappa shape index (κ2) is 4.80.